The highest BCUT2D eigenvalue weighted by Crippen LogP contribution is 2.13. The molecule has 0 fully saturated rings. The van der Waals surface area contributed by atoms with Gasteiger partial charge in [-0.05, 0) is 44.6 Å². The van der Waals surface area contributed by atoms with Crippen LogP contribution in [-0.4, -0.2) is 41.5 Å². The van der Waals surface area contributed by atoms with Crippen molar-refractivity contribution in [1.82, 2.24) is 10.2 Å². The fourth-order valence-electron chi connectivity index (χ4n) is 3.07. The number of nitrogens with one attached hydrogen (secondary N) is 1. The molecule has 1 aromatic rings. The number of nitrogens with zero attached hydrogens (tertiary/aromatic N) is 1. The molecule has 0 heterocycles. The molecule has 1 aromatic carbocycles. The van der Waals surface area contributed by atoms with Gasteiger partial charge in [0.2, 0.25) is 0 Å². The lowest BCUT2D eigenvalue weighted by Crippen LogP contribution is -2.48. The predicted octanol–water partition coefficient (Wildman–Crippen LogP) is 4.65. The quantitative estimate of drug-likeness (QED) is 0.631. The molecule has 0 aliphatic rings. The number of Topliss-reactive ketones (excluding diaryl/α,β-unsaturated/α-hetero) is 1. The largest absolute Gasteiger partial charge is 0.444 e. The fraction of sp³-hybridized carbons (Fsp3) is 0.652. The number of benzene rings is 1. The predicted molar refractivity (Wildman–Crippen MR) is 114 cm³/mol. The van der Waals surface area contributed by atoms with Gasteiger partial charge in [0.25, 0.3) is 0 Å². The highest BCUT2D eigenvalue weighted by molar-refractivity contribution is 5.89. The van der Waals surface area contributed by atoms with Crippen molar-refractivity contribution >= 4 is 11.9 Å². The molecule has 1 unspecified atom stereocenters. The second-order valence-corrected chi connectivity index (χ2v) is 9.34. The molecule has 1 N–H and O–H groups in total. The average molecular weight is 391 g/mol. The number of hydrogen-bond acceptors (Lipinski definition) is 4. The van der Waals surface area contributed by atoms with E-state index in [1.165, 1.54) is 5.56 Å². The summed E-state index contributed by atoms with van der Waals surface area (Å²) in [5.74, 6) is 0.756. The summed E-state index contributed by atoms with van der Waals surface area (Å²) < 4.78 is 5.35. The summed E-state index contributed by atoms with van der Waals surface area (Å²) >= 11 is 0. The molecule has 1 rings (SSSR count). The average Bonchev–Trinajstić information content (AvgIpc) is 2.52. The Labute approximate surface area is 170 Å². The lowest BCUT2D eigenvalue weighted by Gasteiger charge is -2.28. The molecule has 0 aromatic heterocycles. The fourth-order valence-corrected chi connectivity index (χ4v) is 3.07. The van der Waals surface area contributed by atoms with E-state index in [4.69, 9.17) is 4.74 Å². The van der Waals surface area contributed by atoms with Gasteiger partial charge in [-0.25, -0.2) is 4.79 Å². The third kappa shape index (κ3) is 10.5. The topological polar surface area (TPSA) is 58.6 Å². The highest BCUT2D eigenvalue weighted by atomic mass is 16.6. The second kappa shape index (κ2) is 11.2. The lowest BCUT2D eigenvalue weighted by atomic mass is 9.99. The Morgan fingerprint density at radius 3 is 2.14 bits per heavy atom. The van der Waals surface area contributed by atoms with Crippen LogP contribution >= 0.6 is 0 Å². The first kappa shape index (κ1) is 24.2. The van der Waals surface area contributed by atoms with Crippen molar-refractivity contribution in [3.05, 3.63) is 35.9 Å². The van der Waals surface area contributed by atoms with E-state index < -0.39 is 17.7 Å². The van der Waals surface area contributed by atoms with Gasteiger partial charge in [-0.3, -0.25) is 9.69 Å². The number of ether oxygens (including phenoxy) is 1. The van der Waals surface area contributed by atoms with Gasteiger partial charge in [0.1, 0.15) is 5.60 Å². The Kier molecular flexibility index (Phi) is 9.66. The van der Waals surface area contributed by atoms with Crippen LogP contribution in [0.15, 0.2) is 30.3 Å². The molecule has 1 amide bonds. The molecule has 5 nitrogen and oxygen atoms in total. The van der Waals surface area contributed by atoms with Crippen LogP contribution in [0.2, 0.25) is 0 Å². The molecule has 0 radical (unpaired) electrons. The van der Waals surface area contributed by atoms with Crippen molar-refractivity contribution < 1.29 is 14.3 Å². The van der Waals surface area contributed by atoms with E-state index in [-0.39, 0.29) is 11.7 Å². The van der Waals surface area contributed by atoms with E-state index in [1.807, 2.05) is 52.8 Å². The van der Waals surface area contributed by atoms with Crippen LogP contribution in [0.1, 0.15) is 60.5 Å². The second-order valence-electron chi connectivity index (χ2n) is 9.34. The van der Waals surface area contributed by atoms with Gasteiger partial charge in [0.15, 0.2) is 5.78 Å². The molecule has 0 bridgehead atoms. The smallest absolute Gasteiger partial charge is 0.408 e. The van der Waals surface area contributed by atoms with Gasteiger partial charge in [0.05, 0.1) is 12.6 Å². The van der Waals surface area contributed by atoms with Gasteiger partial charge in [-0.2, -0.15) is 0 Å². The third-order valence-electron chi connectivity index (χ3n) is 4.04. The first-order valence-corrected chi connectivity index (χ1v) is 10.2. The SMILES string of the molecule is CC(C)CC(NC(=O)OC(C)(C)C)C(=O)CN(Cc1ccccc1)CC(C)C. The van der Waals surface area contributed by atoms with Crippen LogP contribution in [0.5, 0.6) is 0 Å². The van der Waals surface area contributed by atoms with E-state index in [0.717, 1.165) is 6.54 Å². The Bertz CT molecular complexity index is 606. The van der Waals surface area contributed by atoms with Crippen molar-refractivity contribution in [1.29, 1.82) is 0 Å². The number of rotatable bonds is 10. The molecule has 28 heavy (non-hydrogen) atoms. The number of carbonyl (C=O) groups excluding carboxylic acids is 2. The van der Waals surface area contributed by atoms with Crippen molar-refractivity contribution in [2.24, 2.45) is 11.8 Å². The van der Waals surface area contributed by atoms with E-state index in [2.05, 4.69) is 36.2 Å². The van der Waals surface area contributed by atoms with Crippen molar-refractivity contribution in [3.8, 4) is 0 Å². The number of amides is 1. The summed E-state index contributed by atoms with van der Waals surface area (Å²) in [6.07, 6.45) is 0.0591. The van der Waals surface area contributed by atoms with Crippen LogP contribution in [-0.2, 0) is 16.1 Å². The maximum Gasteiger partial charge on any atom is 0.408 e. The van der Waals surface area contributed by atoms with Gasteiger partial charge in [-0.1, -0.05) is 58.0 Å². The molecule has 0 aliphatic heterocycles. The monoisotopic (exact) mass is 390 g/mol. The zero-order chi connectivity index (χ0) is 21.3. The van der Waals surface area contributed by atoms with Gasteiger partial charge in [-0.15, -0.1) is 0 Å². The van der Waals surface area contributed by atoms with Gasteiger partial charge < -0.3 is 10.1 Å². The van der Waals surface area contributed by atoms with Crippen LogP contribution in [0.25, 0.3) is 0 Å². The lowest BCUT2D eigenvalue weighted by molar-refractivity contribution is -0.122. The number of hydrogen-bond donors (Lipinski definition) is 1. The molecule has 158 valence electrons. The molecule has 0 saturated heterocycles. The maximum atomic E-state index is 13.0. The summed E-state index contributed by atoms with van der Waals surface area (Å²) in [4.78, 5) is 27.4. The van der Waals surface area contributed by atoms with Gasteiger partial charge in [0, 0.05) is 13.1 Å². The summed E-state index contributed by atoms with van der Waals surface area (Å²) in [5, 5.41) is 2.79. The number of ketones is 1. The number of alkyl carbamates (subject to hydrolysis) is 1. The van der Waals surface area contributed by atoms with Crippen molar-refractivity contribution in [2.75, 3.05) is 13.1 Å². The third-order valence-corrected chi connectivity index (χ3v) is 4.04. The molecule has 1 atom stereocenters. The Morgan fingerprint density at radius 1 is 1.04 bits per heavy atom. The Hall–Kier alpha value is -1.88. The molecule has 0 aliphatic carbocycles. The normalized spacial score (nSPS) is 13.1. The minimum absolute atomic E-state index is 0.0242. The van der Waals surface area contributed by atoms with Crippen LogP contribution in [0.4, 0.5) is 4.79 Å². The standard InChI is InChI=1S/C23H38N2O3/c1-17(2)13-20(24-22(27)28-23(5,6)7)21(26)16-25(14-18(3)4)15-19-11-9-8-10-12-19/h8-12,17-18,20H,13-16H2,1-7H3,(H,24,27). The van der Waals surface area contributed by atoms with Crippen molar-refractivity contribution in [2.45, 2.75) is 73.1 Å². The van der Waals surface area contributed by atoms with E-state index in [9.17, 15) is 9.59 Å². The van der Waals surface area contributed by atoms with E-state index in [1.54, 1.807) is 0 Å². The molecular weight excluding hydrogens is 352 g/mol. The Morgan fingerprint density at radius 2 is 1.64 bits per heavy atom. The first-order valence-electron chi connectivity index (χ1n) is 10.2. The minimum Gasteiger partial charge on any atom is -0.444 e. The summed E-state index contributed by atoms with van der Waals surface area (Å²) in [6, 6.07) is 9.61. The molecular formula is C23H38N2O3. The van der Waals surface area contributed by atoms with Crippen LogP contribution in [0.3, 0.4) is 0 Å². The van der Waals surface area contributed by atoms with Crippen LogP contribution in [0, 0.1) is 11.8 Å². The summed E-state index contributed by atoms with van der Waals surface area (Å²) in [5.41, 5.74) is 0.587. The number of carbonyl (C=O) groups is 2. The molecule has 0 saturated carbocycles. The molecule has 0 spiro atoms. The maximum absolute atomic E-state index is 13.0. The zero-order valence-corrected chi connectivity index (χ0v) is 18.6. The minimum atomic E-state index is -0.591. The van der Waals surface area contributed by atoms with E-state index >= 15 is 0 Å². The zero-order valence-electron chi connectivity index (χ0n) is 18.6. The summed E-state index contributed by atoms with van der Waals surface area (Å²) in [7, 11) is 0. The molecule has 5 heteroatoms. The van der Waals surface area contributed by atoms with Crippen LogP contribution < -0.4 is 5.32 Å². The summed E-state index contributed by atoms with van der Waals surface area (Å²) in [6.45, 7) is 15.7. The first-order chi connectivity index (χ1) is 13.0. The Balaban J connectivity index is 2.83. The highest BCUT2D eigenvalue weighted by Gasteiger charge is 2.26. The van der Waals surface area contributed by atoms with E-state index in [0.29, 0.717) is 25.4 Å². The van der Waals surface area contributed by atoms with Crippen molar-refractivity contribution in [3.63, 3.8) is 0 Å². The van der Waals surface area contributed by atoms with Gasteiger partial charge >= 0.3 is 6.09 Å².